The van der Waals surface area contributed by atoms with E-state index in [9.17, 15) is 4.57 Å². The van der Waals surface area contributed by atoms with Crippen LogP contribution in [0.25, 0.3) is 0 Å². The van der Waals surface area contributed by atoms with Gasteiger partial charge in [0.05, 0.1) is 5.66 Å². The van der Waals surface area contributed by atoms with E-state index in [2.05, 4.69) is 43.0 Å². The van der Waals surface area contributed by atoms with Gasteiger partial charge in [0.1, 0.15) is 6.10 Å². The van der Waals surface area contributed by atoms with E-state index in [0.717, 1.165) is 22.5 Å². The second-order valence-electron chi connectivity index (χ2n) is 11.0. The van der Waals surface area contributed by atoms with Gasteiger partial charge in [-0.25, -0.2) is 4.67 Å². The second kappa shape index (κ2) is 15.0. The Morgan fingerprint density at radius 1 is 0.789 bits per heavy atom. The Morgan fingerprint density at radius 3 is 1.84 bits per heavy atom. The van der Waals surface area contributed by atoms with Gasteiger partial charge in [0.2, 0.25) is 0 Å². The van der Waals surface area contributed by atoms with Crippen molar-refractivity contribution in [2.45, 2.75) is 94.6 Å². The van der Waals surface area contributed by atoms with Gasteiger partial charge in [-0.1, -0.05) is 76.8 Å². The predicted molar refractivity (Wildman–Crippen MR) is 157 cm³/mol. The summed E-state index contributed by atoms with van der Waals surface area (Å²) in [4.78, 5) is 0. The van der Waals surface area contributed by atoms with Crippen molar-refractivity contribution in [3.05, 3.63) is 98.6 Å². The molecule has 1 aliphatic heterocycles. The minimum atomic E-state index is -3.09. The van der Waals surface area contributed by atoms with E-state index in [1.165, 1.54) is 69.9 Å². The maximum atomic E-state index is 14.6. The van der Waals surface area contributed by atoms with Gasteiger partial charge >= 0.3 is 17.1 Å². The van der Waals surface area contributed by atoms with Crippen molar-refractivity contribution in [1.82, 2.24) is 4.67 Å². The van der Waals surface area contributed by atoms with Crippen LogP contribution in [0, 0.1) is 62.7 Å². The number of likely N-dealkylation sites (N-methyl/N-ethyl adjacent to an activating group) is 1. The molecule has 0 N–H and O–H groups in total. The third kappa shape index (κ3) is 7.02. The molecule has 4 saturated carbocycles. The molecule has 1 aromatic rings. The molecule has 38 heavy (non-hydrogen) atoms. The maximum absolute atomic E-state index is 14.6. The van der Waals surface area contributed by atoms with Crippen molar-refractivity contribution < 1.29 is 26.2 Å². The van der Waals surface area contributed by atoms with Gasteiger partial charge in [-0.05, 0) is 108 Å². The van der Waals surface area contributed by atoms with Crippen LogP contribution in [0.4, 0.5) is 0 Å². The summed E-state index contributed by atoms with van der Waals surface area (Å²) in [5, 5.41) is 0. The average molecular weight is 591 g/mol. The third-order valence-electron chi connectivity index (χ3n) is 8.67. The molecule has 5 fully saturated rings. The molecule has 0 aromatic heterocycles. The van der Waals surface area contributed by atoms with Crippen molar-refractivity contribution in [3.8, 4) is 0 Å². The number of hydrogen-bond acceptors (Lipinski definition) is 2. The standard InChI is InChI=1S/C27H38NO2P2.C5H5.Fe/c1-21-27(22-13-6-3-7-14-22)30-32(29,28(21)2)26-20-12-19-25(26)31(23-15-8-4-9-16-23)24-17-10-5-11-18-24;1-2-4-5-3-1;/h3,6-7,12-14,19-21,23-24,27H,4-5,8-11,15-18H2,1-2H3;1-5H;/q;;+2/t21-,27-,32+;;/m0../s1. The van der Waals surface area contributed by atoms with Crippen LogP contribution < -0.4 is 0 Å². The Balaban J connectivity index is 0.000000504. The Hall–Kier alpha value is 0.319. The van der Waals surface area contributed by atoms with Crippen LogP contribution in [-0.4, -0.2) is 29.1 Å². The number of nitrogens with zero attached hydrogens (tertiary/aromatic N) is 1. The number of hydrogen-bond donors (Lipinski definition) is 0. The van der Waals surface area contributed by atoms with Crippen molar-refractivity contribution in [2.24, 2.45) is 0 Å². The zero-order chi connectivity index (χ0) is 25.7. The van der Waals surface area contributed by atoms with Gasteiger partial charge in [-0.15, -0.1) is 0 Å². The fourth-order valence-corrected chi connectivity index (χ4v) is 13.5. The van der Waals surface area contributed by atoms with Gasteiger partial charge in [0.15, 0.2) is 0 Å². The van der Waals surface area contributed by atoms with Crippen molar-refractivity contribution in [3.63, 3.8) is 0 Å². The molecule has 3 atom stereocenters. The van der Waals surface area contributed by atoms with E-state index in [4.69, 9.17) is 4.52 Å². The molecule has 6 rings (SSSR count). The van der Waals surface area contributed by atoms with Crippen molar-refractivity contribution >= 4 is 15.4 Å². The van der Waals surface area contributed by atoms with E-state index >= 15 is 0 Å². The van der Waals surface area contributed by atoms with Gasteiger partial charge < -0.3 is 4.52 Å². The monoisotopic (exact) mass is 591 g/mol. The van der Waals surface area contributed by atoms with Crippen LogP contribution in [0.3, 0.4) is 0 Å². The molecule has 10 radical (unpaired) electrons. The fraction of sp³-hybridized carbons (Fsp3) is 0.500. The Labute approximate surface area is 245 Å². The van der Waals surface area contributed by atoms with E-state index in [1.807, 2.05) is 57.4 Å². The average Bonchev–Trinajstić information content (AvgIpc) is 3.72. The van der Waals surface area contributed by atoms with Crippen LogP contribution in [0.1, 0.15) is 82.8 Å². The van der Waals surface area contributed by atoms with Gasteiger partial charge in [-0.2, -0.15) is 0 Å². The van der Waals surface area contributed by atoms with Crippen molar-refractivity contribution in [1.29, 1.82) is 0 Å². The summed E-state index contributed by atoms with van der Waals surface area (Å²) in [6.07, 6.45) is 30.1. The Morgan fingerprint density at radius 2 is 1.32 bits per heavy atom. The summed E-state index contributed by atoms with van der Waals surface area (Å²) >= 11 is 0. The molecule has 0 bridgehead atoms. The zero-order valence-corrected chi connectivity index (χ0v) is 25.8. The van der Waals surface area contributed by atoms with Crippen LogP contribution in [-0.2, 0) is 26.2 Å². The first kappa shape index (κ1) is 31.3. The summed E-state index contributed by atoms with van der Waals surface area (Å²) in [6, 6.07) is 10.4. The maximum Gasteiger partial charge on any atom is 2.00 e. The van der Waals surface area contributed by atoms with E-state index in [-0.39, 0.29) is 37.1 Å². The molecule has 204 valence electrons. The normalized spacial score (nSPS) is 32.3. The third-order valence-corrected chi connectivity index (χ3v) is 15.1. The number of benzene rings is 1. The first-order valence-corrected chi connectivity index (χ1v) is 17.4. The first-order valence-electron chi connectivity index (χ1n) is 14.4. The molecule has 0 unspecified atom stereocenters. The largest absolute Gasteiger partial charge is 2.00 e. The van der Waals surface area contributed by atoms with Crippen LogP contribution in [0.2, 0.25) is 0 Å². The topological polar surface area (TPSA) is 29.5 Å². The van der Waals surface area contributed by atoms with Crippen LogP contribution >= 0.6 is 15.4 Å². The molecule has 1 heterocycles. The van der Waals surface area contributed by atoms with E-state index < -0.39 is 7.52 Å². The zero-order valence-electron chi connectivity index (χ0n) is 22.9. The minimum Gasteiger partial charge on any atom is -0.307 e. The fourth-order valence-electron chi connectivity index (χ4n) is 6.55. The Kier molecular flexibility index (Phi) is 12.3. The molecule has 5 aliphatic rings. The van der Waals surface area contributed by atoms with Gasteiger partial charge in [0, 0.05) is 11.7 Å². The second-order valence-corrected chi connectivity index (χ2v) is 16.1. The summed E-state index contributed by atoms with van der Waals surface area (Å²) < 4.78 is 23.2. The molecular formula is C32H43FeNO2P2+2. The number of rotatable bonds is 5. The quantitative estimate of drug-likeness (QED) is 0.253. The van der Waals surface area contributed by atoms with Gasteiger partial charge in [-0.3, -0.25) is 4.57 Å². The molecule has 0 amide bonds. The van der Waals surface area contributed by atoms with Crippen molar-refractivity contribution in [2.75, 3.05) is 7.05 Å². The summed E-state index contributed by atoms with van der Waals surface area (Å²) in [5.41, 5.74) is 5.15. The smallest absolute Gasteiger partial charge is 0.307 e. The molecular weight excluding hydrogens is 548 g/mol. The molecule has 1 aromatic carbocycles. The molecule has 0 spiro atoms. The summed E-state index contributed by atoms with van der Waals surface area (Å²) in [6.45, 7) is 2.16. The first-order chi connectivity index (χ1) is 18.1. The minimum absolute atomic E-state index is 0. The molecule has 4 aliphatic carbocycles. The Bertz CT molecular complexity index is 844. The SMILES string of the molecule is C[C@H]1[C@@H](c2ccccc2)O[P@](=O)([C]2[CH][CH][CH][C]2P(C2CCCCC2)C2CCCCC2)N1C.[CH]1[CH][CH][CH][CH]1.[Fe+2]. The van der Waals surface area contributed by atoms with Crippen LogP contribution in [0.15, 0.2) is 30.3 Å². The summed E-state index contributed by atoms with van der Waals surface area (Å²) in [5.74, 6) is 0. The summed E-state index contributed by atoms with van der Waals surface area (Å²) in [7, 11) is -1.38. The van der Waals surface area contributed by atoms with Crippen LogP contribution in [0.5, 0.6) is 0 Å². The molecule has 6 heteroatoms. The molecule has 1 saturated heterocycles. The van der Waals surface area contributed by atoms with E-state index in [0.29, 0.717) is 0 Å². The van der Waals surface area contributed by atoms with E-state index in [1.54, 1.807) is 0 Å². The molecule has 3 nitrogen and oxygen atoms in total. The van der Waals surface area contributed by atoms with Gasteiger partial charge in [0.25, 0.3) is 7.52 Å². The predicted octanol–water partition coefficient (Wildman–Crippen LogP) is 9.13.